The van der Waals surface area contributed by atoms with Crippen molar-refractivity contribution in [3.05, 3.63) is 65.7 Å². The number of benzene rings is 2. The van der Waals surface area contributed by atoms with Gasteiger partial charge in [0.15, 0.2) is 0 Å². The van der Waals surface area contributed by atoms with Crippen LogP contribution in [0.4, 0.5) is 5.69 Å². The molecule has 1 aliphatic carbocycles. The fraction of sp³-hybridized carbons (Fsp3) is 0.400. The zero-order chi connectivity index (χ0) is 22.5. The van der Waals surface area contributed by atoms with E-state index in [1.54, 1.807) is 18.2 Å². The number of carbonyl (C=O) groups is 3. The molecule has 0 spiro atoms. The second-order valence-corrected chi connectivity index (χ2v) is 8.72. The maximum atomic E-state index is 12.9. The standard InChI is InChI=1S/C25H30N4O3/c1-18-14-22(18)24(31)27-21-9-5-8-20(15-21)25(32)29-12-10-28(11-13-29)17-23(30)26-16-19-6-3-2-4-7-19/h2-9,15,18,22H,10-14,16-17H2,1H3,(H,26,30)(H,27,31). The van der Waals surface area contributed by atoms with E-state index in [0.29, 0.717) is 56.4 Å². The third-order valence-corrected chi connectivity index (χ3v) is 6.18. The normalized spacial score (nSPS) is 20.5. The van der Waals surface area contributed by atoms with Gasteiger partial charge in [0.05, 0.1) is 6.54 Å². The first-order chi connectivity index (χ1) is 15.5. The Morgan fingerprint density at radius 1 is 0.969 bits per heavy atom. The summed E-state index contributed by atoms with van der Waals surface area (Å²) in [5.74, 6) is 0.501. The molecular weight excluding hydrogens is 404 g/mol. The Balaban J connectivity index is 1.23. The number of rotatable bonds is 7. The largest absolute Gasteiger partial charge is 0.351 e. The summed E-state index contributed by atoms with van der Waals surface area (Å²) in [5, 5.41) is 5.87. The maximum absolute atomic E-state index is 12.9. The van der Waals surface area contributed by atoms with E-state index < -0.39 is 0 Å². The van der Waals surface area contributed by atoms with E-state index in [9.17, 15) is 14.4 Å². The third kappa shape index (κ3) is 5.73. The van der Waals surface area contributed by atoms with Crippen LogP contribution in [-0.4, -0.2) is 60.2 Å². The topological polar surface area (TPSA) is 81.8 Å². The summed E-state index contributed by atoms with van der Waals surface area (Å²) in [6.07, 6.45) is 0.930. The van der Waals surface area contributed by atoms with E-state index in [0.717, 1.165) is 12.0 Å². The van der Waals surface area contributed by atoms with Crippen molar-refractivity contribution >= 4 is 23.4 Å². The first-order valence-electron chi connectivity index (χ1n) is 11.2. The Morgan fingerprint density at radius 2 is 1.69 bits per heavy atom. The van der Waals surface area contributed by atoms with Crippen LogP contribution in [0.15, 0.2) is 54.6 Å². The van der Waals surface area contributed by atoms with Crippen molar-refractivity contribution < 1.29 is 14.4 Å². The summed E-state index contributed by atoms with van der Waals surface area (Å²) in [5.41, 5.74) is 2.30. The highest BCUT2D eigenvalue weighted by atomic mass is 16.2. The lowest BCUT2D eigenvalue weighted by atomic mass is 10.1. The van der Waals surface area contributed by atoms with E-state index in [1.165, 1.54) is 0 Å². The number of nitrogens with one attached hydrogen (secondary N) is 2. The average Bonchev–Trinajstić information content (AvgIpc) is 3.55. The fourth-order valence-electron chi connectivity index (χ4n) is 4.00. The number of hydrogen-bond donors (Lipinski definition) is 2. The Morgan fingerprint density at radius 3 is 2.38 bits per heavy atom. The van der Waals surface area contributed by atoms with Gasteiger partial charge in [0.2, 0.25) is 11.8 Å². The van der Waals surface area contributed by atoms with Crippen molar-refractivity contribution in [2.45, 2.75) is 19.9 Å². The Bertz CT molecular complexity index is 970. The average molecular weight is 435 g/mol. The van der Waals surface area contributed by atoms with Crippen molar-refractivity contribution in [3.8, 4) is 0 Å². The van der Waals surface area contributed by atoms with Crippen molar-refractivity contribution in [2.75, 3.05) is 38.0 Å². The molecule has 7 nitrogen and oxygen atoms in total. The summed E-state index contributed by atoms with van der Waals surface area (Å²) >= 11 is 0. The van der Waals surface area contributed by atoms with Crippen LogP contribution in [0.3, 0.4) is 0 Å². The molecule has 1 saturated carbocycles. The summed E-state index contributed by atoms with van der Waals surface area (Å²) < 4.78 is 0. The number of carbonyl (C=O) groups excluding carboxylic acids is 3. The van der Waals surface area contributed by atoms with Crippen LogP contribution in [0.25, 0.3) is 0 Å². The molecule has 3 amide bonds. The Labute approximate surface area is 188 Å². The lowest BCUT2D eigenvalue weighted by Crippen LogP contribution is -2.51. The molecule has 7 heteroatoms. The highest BCUT2D eigenvalue weighted by Gasteiger charge is 2.39. The first kappa shape index (κ1) is 22.0. The van der Waals surface area contributed by atoms with Crippen LogP contribution in [0.1, 0.15) is 29.3 Å². The van der Waals surface area contributed by atoms with Gasteiger partial charge in [0.25, 0.3) is 5.91 Å². The number of nitrogens with zero attached hydrogens (tertiary/aromatic N) is 2. The molecule has 0 bridgehead atoms. The van der Waals surface area contributed by atoms with Crippen LogP contribution in [0.2, 0.25) is 0 Å². The molecule has 1 aliphatic heterocycles. The van der Waals surface area contributed by atoms with Gasteiger partial charge in [-0.1, -0.05) is 43.3 Å². The van der Waals surface area contributed by atoms with Crippen LogP contribution in [-0.2, 0) is 16.1 Å². The number of piperazine rings is 1. The molecule has 2 aliphatic rings. The van der Waals surface area contributed by atoms with Crippen LogP contribution < -0.4 is 10.6 Å². The third-order valence-electron chi connectivity index (χ3n) is 6.18. The predicted molar refractivity (Wildman–Crippen MR) is 123 cm³/mol. The van der Waals surface area contributed by atoms with Crippen molar-refractivity contribution in [1.29, 1.82) is 0 Å². The highest BCUT2D eigenvalue weighted by molar-refractivity contribution is 5.98. The fourth-order valence-corrected chi connectivity index (χ4v) is 4.00. The van der Waals surface area contributed by atoms with Crippen molar-refractivity contribution in [1.82, 2.24) is 15.1 Å². The van der Waals surface area contributed by atoms with Gasteiger partial charge in [-0.3, -0.25) is 19.3 Å². The molecule has 0 aromatic heterocycles. The highest BCUT2D eigenvalue weighted by Crippen LogP contribution is 2.38. The van der Waals surface area contributed by atoms with Gasteiger partial charge in [-0.2, -0.15) is 0 Å². The summed E-state index contributed by atoms with van der Waals surface area (Å²) in [6.45, 7) is 5.36. The molecule has 2 atom stereocenters. The van der Waals surface area contributed by atoms with Gasteiger partial charge in [0.1, 0.15) is 0 Å². The minimum Gasteiger partial charge on any atom is -0.351 e. The minimum absolute atomic E-state index is 0.0120. The van der Waals surface area contributed by atoms with Crippen LogP contribution in [0, 0.1) is 11.8 Å². The molecule has 2 unspecified atom stereocenters. The van der Waals surface area contributed by atoms with Crippen LogP contribution in [0.5, 0.6) is 0 Å². The zero-order valence-electron chi connectivity index (χ0n) is 18.4. The summed E-state index contributed by atoms with van der Waals surface area (Å²) in [7, 11) is 0. The van der Waals surface area contributed by atoms with Gasteiger partial charge in [-0.05, 0) is 36.1 Å². The molecular formula is C25H30N4O3. The SMILES string of the molecule is CC1CC1C(=O)Nc1cccc(C(=O)N2CCN(CC(=O)NCc3ccccc3)CC2)c1. The second-order valence-electron chi connectivity index (χ2n) is 8.72. The lowest BCUT2D eigenvalue weighted by Gasteiger charge is -2.34. The predicted octanol–water partition coefficient (Wildman–Crippen LogP) is 2.36. The summed E-state index contributed by atoms with van der Waals surface area (Å²) in [6, 6.07) is 17.0. The molecule has 2 fully saturated rings. The lowest BCUT2D eigenvalue weighted by molar-refractivity contribution is -0.122. The molecule has 4 rings (SSSR count). The van der Waals surface area contributed by atoms with E-state index in [2.05, 4.69) is 22.5 Å². The van der Waals surface area contributed by atoms with Crippen molar-refractivity contribution in [2.24, 2.45) is 11.8 Å². The molecule has 1 heterocycles. The van der Waals surface area contributed by atoms with Gasteiger partial charge in [-0.25, -0.2) is 0 Å². The van der Waals surface area contributed by atoms with Crippen molar-refractivity contribution in [3.63, 3.8) is 0 Å². The molecule has 2 aromatic rings. The number of amides is 3. The van der Waals surface area contributed by atoms with E-state index in [4.69, 9.17) is 0 Å². The smallest absolute Gasteiger partial charge is 0.254 e. The minimum atomic E-state index is -0.0472. The number of anilines is 1. The molecule has 1 saturated heterocycles. The maximum Gasteiger partial charge on any atom is 0.254 e. The Kier molecular flexibility index (Phi) is 6.85. The molecule has 0 radical (unpaired) electrons. The van der Waals surface area contributed by atoms with Gasteiger partial charge >= 0.3 is 0 Å². The van der Waals surface area contributed by atoms with E-state index in [-0.39, 0.29) is 23.6 Å². The first-order valence-corrected chi connectivity index (χ1v) is 11.2. The number of hydrogen-bond acceptors (Lipinski definition) is 4. The molecule has 32 heavy (non-hydrogen) atoms. The van der Waals surface area contributed by atoms with Gasteiger partial charge in [-0.15, -0.1) is 0 Å². The zero-order valence-corrected chi connectivity index (χ0v) is 18.4. The van der Waals surface area contributed by atoms with Gasteiger partial charge in [0, 0.05) is 49.9 Å². The Hall–Kier alpha value is -3.19. The summed E-state index contributed by atoms with van der Waals surface area (Å²) in [4.78, 5) is 41.2. The van der Waals surface area contributed by atoms with Gasteiger partial charge < -0.3 is 15.5 Å². The van der Waals surface area contributed by atoms with E-state index >= 15 is 0 Å². The molecule has 2 N–H and O–H groups in total. The molecule has 2 aromatic carbocycles. The second kappa shape index (κ2) is 9.96. The monoisotopic (exact) mass is 434 g/mol. The van der Waals surface area contributed by atoms with Crippen LogP contribution >= 0.6 is 0 Å². The quantitative estimate of drug-likeness (QED) is 0.701. The molecule has 168 valence electrons. The van der Waals surface area contributed by atoms with E-state index in [1.807, 2.05) is 41.3 Å².